The summed E-state index contributed by atoms with van der Waals surface area (Å²) in [5, 5.41) is 2.40. The van der Waals surface area contributed by atoms with E-state index in [1.807, 2.05) is 0 Å². The van der Waals surface area contributed by atoms with Crippen LogP contribution in [0, 0.1) is 5.92 Å². The molecule has 3 nitrogen and oxygen atoms in total. The van der Waals surface area contributed by atoms with E-state index in [0.717, 1.165) is 23.9 Å². The Hall–Kier alpha value is -2.81. The number of aliphatic imine (C=N–C) groups is 1. The average molecular weight is 451 g/mol. The van der Waals surface area contributed by atoms with Gasteiger partial charge in [-0.2, -0.15) is 0 Å². The molecule has 1 atom stereocenters. The first-order valence-corrected chi connectivity index (χ1v) is 13.4. The molecule has 2 spiro atoms. The summed E-state index contributed by atoms with van der Waals surface area (Å²) >= 11 is 0. The second-order valence-electron chi connectivity index (χ2n) is 11.0. The molecule has 2 heterocycles. The average Bonchev–Trinajstić information content (AvgIpc) is 3.10. The molecule has 34 heavy (non-hydrogen) atoms. The fraction of sp³-hybridized carbons (Fsp3) is 0.452. The van der Waals surface area contributed by atoms with E-state index in [2.05, 4.69) is 71.8 Å². The van der Waals surface area contributed by atoms with Gasteiger partial charge in [0.15, 0.2) is 0 Å². The molecule has 0 amide bonds. The quantitative estimate of drug-likeness (QED) is 0.396. The van der Waals surface area contributed by atoms with Gasteiger partial charge in [-0.05, 0) is 54.7 Å². The Labute approximate surface area is 202 Å². The largest absolute Gasteiger partial charge is 0.459 e. The highest BCUT2D eigenvalue weighted by atomic mass is 16.5. The van der Waals surface area contributed by atoms with E-state index in [1.165, 1.54) is 86.2 Å². The molecule has 2 aliphatic carbocycles. The van der Waals surface area contributed by atoms with E-state index in [4.69, 9.17) is 9.73 Å². The second-order valence-corrected chi connectivity index (χ2v) is 11.0. The highest BCUT2D eigenvalue weighted by Gasteiger charge is 2.64. The van der Waals surface area contributed by atoms with Crippen molar-refractivity contribution in [2.45, 2.75) is 75.3 Å². The molecule has 4 aliphatic rings. The highest BCUT2D eigenvalue weighted by molar-refractivity contribution is 6.00. The van der Waals surface area contributed by atoms with Gasteiger partial charge in [0.25, 0.3) is 0 Å². The molecule has 0 bridgehead atoms. The van der Waals surface area contributed by atoms with Crippen LogP contribution in [-0.2, 0) is 5.41 Å². The van der Waals surface area contributed by atoms with Crippen molar-refractivity contribution in [3.63, 3.8) is 0 Å². The lowest BCUT2D eigenvalue weighted by molar-refractivity contribution is 0.0331. The van der Waals surface area contributed by atoms with E-state index in [0.29, 0.717) is 0 Å². The lowest BCUT2D eigenvalue weighted by atomic mass is 9.64. The maximum atomic E-state index is 7.30. The third-order valence-electron chi connectivity index (χ3n) is 9.17. The molecule has 0 N–H and O–H groups in total. The van der Waals surface area contributed by atoms with Crippen molar-refractivity contribution < 1.29 is 4.74 Å². The summed E-state index contributed by atoms with van der Waals surface area (Å²) in [6.45, 7) is 1.06. The number of nitrogens with zero attached hydrogens (tertiary/aromatic N) is 2. The standard InChI is InChI=1S/C31H34N2O/c1-3-11-23(12-4-1)21-33-27-16-8-7-15-26(27)30(19-9-2-10-20-30)31(33)22-32-29-25-14-6-5-13-24(25)17-18-28(29)34-31/h5-8,13-18,22-23H,1-4,9-12,19-21H2. The smallest absolute Gasteiger partial charge is 0.229 e. The molecule has 0 radical (unpaired) electrons. The van der Waals surface area contributed by atoms with Crippen molar-refractivity contribution >= 4 is 28.4 Å². The second kappa shape index (κ2) is 7.86. The van der Waals surface area contributed by atoms with Gasteiger partial charge in [-0.15, -0.1) is 0 Å². The topological polar surface area (TPSA) is 24.8 Å². The third-order valence-corrected chi connectivity index (χ3v) is 9.17. The van der Waals surface area contributed by atoms with E-state index < -0.39 is 5.72 Å². The normalized spacial score (nSPS) is 25.5. The Morgan fingerprint density at radius 1 is 0.824 bits per heavy atom. The molecule has 3 aromatic rings. The van der Waals surface area contributed by atoms with Crippen molar-refractivity contribution in [2.75, 3.05) is 11.4 Å². The zero-order valence-electron chi connectivity index (χ0n) is 20.0. The summed E-state index contributed by atoms with van der Waals surface area (Å²) in [6.07, 6.45) is 15.2. The van der Waals surface area contributed by atoms with Crippen LogP contribution in [0.1, 0.15) is 69.8 Å². The first-order valence-electron chi connectivity index (χ1n) is 13.4. The summed E-state index contributed by atoms with van der Waals surface area (Å²) in [7, 11) is 0. The lowest BCUT2D eigenvalue weighted by Gasteiger charge is -2.51. The number of hydrogen-bond donors (Lipinski definition) is 0. The molecular weight excluding hydrogens is 416 g/mol. The summed E-state index contributed by atoms with van der Waals surface area (Å²) in [4.78, 5) is 7.88. The van der Waals surface area contributed by atoms with Gasteiger partial charge in [0.1, 0.15) is 11.4 Å². The van der Waals surface area contributed by atoms with Gasteiger partial charge in [-0.25, -0.2) is 0 Å². The predicted octanol–water partition coefficient (Wildman–Crippen LogP) is 7.93. The minimum absolute atomic E-state index is 0.0383. The Balaban J connectivity index is 1.41. The number of benzene rings is 3. The molecular formula is C31H34N2O. The van der Waals surface area contributed by atoms with Gasteiger partial charge in [0.2, 0.25) is 5.72 Å². The molecule has 174 valence electrons. The van der Waals surface area contributed by atoms with E-state index >= 15 is 0 Å². The number of para-hydroxylation sites is 1. The SMILES string of the molecule is C1=Nc2c(ccc3ccccc23)OC12N(CC1CCCCC1)c1ccccc1C21CCCCC1. The molecule has 0 saturated heterocycles. The maximum absolute atomic E-state index is 7.30. The molecule has 2 fully saturated rings. The van der Waals surface area contributed by atoms with Gasteiger partial charge in [0, 0.05) is 17.6 Å². The van der Waals surface area contributed by atoms with Gasteiger partial charge < -0.3 is 9.64 Å². The number of rotatable bonds is 2. The highest BCUT2D eigenvalue weighted by Crippen LogP contribution is 2.60. The van der Waals surface area contributed by atoms with Crippen LogP contribution in [0.4, 0.5) is 11.4 Å². The van der Waals surface area contributed by atoms with Gasteiger partial charge in [0.05, 0.1) is 11.6 Å². The van der Waals surface area contributed by atoms with Crippen molar-refractivity contribution in [2.24, 2.45) is 10.9 Å². The van der Waals surface area contributed by atoms with Crippen LogP contribution in [0.25, 0.3) is 10.8 Å². The van der Waals surface area contributed by atoms with Gasteiger partial charge >= 0.3 is 0 Å². The predicted molar refractivity (Wildman–Crippen MR) is 141 cm³/mol. The van der Waals surface area contributed by atoms with E-state index in [-0.39, 0.29) is 5.41 Å². The lowest BCUT2D eigenvalue weighted by Crippen LogP contribution is -2.65. The molecule has 1 unspecified atom stereocenters. The molecule has 3 aromatic carbocycles. The Morgan fingerprint density at radius 2 is 1.59 bits per heavy atom. The zero-order valence-corrected chi connectivity index (χ0v) is 20.0. The van der Waals surface area contributed by atoms with E-state index in [1.54, 1.807) is 0 Å². The number of ether oxygens (including phenoxy) is 1. The monoisotopic (exact) mass is 450 g/mol. The van der Waals surface area contributed by atoms with Crippen LogP contribution in [0.15, 0.2) is 65.7 Å². The van der Waals surface area contributed by atoms with Crippen molar-refractivity contribution in [1.29, 1.82) is 0 Å². The summed E-state index contributed by atoms with van der Waals surface area (Å²) in [6, 6.07) is 22.1. The summed E-state index contributed by atoms with van der Waals surface area (Å²) in [5.41, 5.74) is 3.28. The minimum atomic E-state index is -0.538. The molecule has 7 rings (SSSR count). The molecule has 2 saturated carbocycles. The Kier molecular flexibility index (Phi) is 4.75. The number of hydrogen-bond acceptors (Lipinski definition) is 3. The molecule has 3 heteroatoms. The number of fused-ring (bicyclic) bond motifs is 6. The van der Waals surface area contributed by atoms with Gasteiger partial charge in [-0.3, -0.25) is 4.99 Å². The van der Waals surface area contributed by atoms with Crippen LogP contribution >= 0.6 is 0 Å². The number of anilines is 1. The first-order chi connectivity index (χ1) is 16.8. The van der Waals surface area contributed by atoms with Crippen LogP contribution in [-0.4, -0.2) is 18.5 Å². The van der Waals surface area contributed by atoms with Crippen LogP contribution in [0.2, 0.25) is 0 Å². The Morgan fingerprint density at radius 3 is 2.47 bits per heavy atom. The van der Waals surface area contributed by atoms with Crippen molar-refractivity contribution in [3.8, 4) is 5.75 Å². The van der Waals surface area contributed by atoms with Crippen LogP contribution in [0.5, 0.6) is 5.75 Å². The first kappa shape index (κ1) is 20.6. The third kappa shape index (κ3) is 2.85. The Bertz CT molecular complexity index is 1250. The minimum Gasteiger partial charge on any atom is -0.459 e. The summed E-state index contributed by atoms with van der Waals surface area (Å²) in [5.74, 6) is 1.67. The molecule has 0 aromatic heterocycles. The molecule has 2 aliphatic heterocycles. The summed E-state index contributed by atoms with van der Waals surface area (Å²) < 4.78 is 7.30. The van der Waals surface area contributed by atoms with Crippen molar-refractivity contribution in [1.82, 2.24) is 0 Å². The van der Waals surface area contributed by atoms with Crippen LogP contribution in [0.3, 0.4) is 0 Å². The zero-order chi connectivity index (χ0) is 22.6. The fourth-order valence-electron chi connectivity index (χ4n) is 7.53. The fourth-order valence-corrected chi connectivity index (χ4v) is 7.53. The maximum Gasteiger partial charge on any atom is 0.229 e. The van der Waals surface area contributed by atoms with E-state index in [9.17, 15) is 0 Å². The van der Waals surface area contributed by atoms with Gasteiger partial charge in [-0.1, -0.05) is 87.1 Å². The van der Waals surface area contributed by atoms with Crippen LogP contribution < -0.4 is 9.64 Å². The van der Waals surface area contributed by atoms with Crippen molar-refractivity contribution in [3.05, 3.63) is 66.2 Å².